The summed E-state index contributed by atoms with van der Waals surface area (Å²) in [5.74, 6) is -0.236. The number of halogens is 3. The minimum absolute atomic E-state index is 0.167. The summed E-state index contributed by atoms with van der Waals surface area (Å²) in [7, 11) is 0. The molecule has 0 radical (unpaired) electrons. The van der Waals surface area contributed by atoms with Crippen LogP contribution in [0.1, 0.15) is 89.5 Å². The minimum Gasteiger partial charge on any atom is -0.204 e. The average Bonchev–Trinajstić information content (AvgIpc) is 2.66. The maximum Gasteiger partial charge on any atom is 0.194 e. The molecule has 0 N–H and O–H groups in total. The van der Waals surface area contributed by atoms with E-state index in [0.717, 1.165) is 37.0 Å². The molecule has 1 aromatic rings. The van der Waals surface area contributed by atoms with Gasteiger partial charge < -0.3 is 0 Å². The summed E-state index contributed by atoms with van der Waals surface area (Å²) in [6.07, 6.45) is 12.2. The third-order valence-corrected chi connectivity index (χ3v) is 7.24. The molecule has 3 rings (SSSR count). The Balaban J connectivity index is 1.71. The van der Waals surface area contributed by atoms with Crippen molar-refractivity contribution in [2.45, 2.75) is 84.0 Å². The quantitative estimate of drug-likeness (QED) is 0.470. The molecule has 1 aromatic carbocycles. The van der Waals surface area contributed by atoms with E-state index >= 15 is 0 Å². The Morgan fingerprint density at radius 3 is 2.12 bits per heavy atom. The van der Waals surface area contributed by atoms with E-state index in [1.54, 1.807) is 0 Å². The van der Waals surface area contributed by atoms with Crippen LogP contribution in [-0.4, -0.2) is 0 Å². The van der Waals surface area contributed by atoms with Gasteiger partial charge in [0.2, 0.25) is 0 Å². The molecule has 0 saturated heterocycles. The van der Waals surface area contributed by atoms with Gasteiger partial charge in [-0.2, -0.15) is 0 Å². The molecule has 3 heteroatoms. The first-order valence-electron chi connectivity index (χ1n) is 10.7. The lowest BCUT2D eigenvalue weighted by molar-refractivity contribution is 0.0979. The zero-order valence-electron chi connectivity index (χ0n) is 16.2. The lowest BCUT2D eigenvalue weighted by atomic mass is 9.62. The molecule has 0 spiro atoms. The van der Waals surface area contributed by atoms with Crippen LogP contribution in [0.3, 0.4) is 0 Å². The van der Waals surface area contributed by atoms with Gasteiger partial charge in [-0.15, -0.1) is 0 Å². The summed E-state index contributed by atoms with van der Waals surface area (Å²) in [6.45, 7) is 4.55. The summed E-state index contributed by atoms with van der Waals surface area (Å²) in [5.41, 5.74) is 0.653. The fourth-order valence-corrected chi connectivity index (χ4v) is 5.78. The predicted octanol–water partition coefficient (Wildman–Crippen LogP) is 7.62. The highest BCUT2D eigenvalue weighted by Crippen LogP contribution is 2.48. The molecule has 2 aliphatic rings. The van der Waals surface area contributed by atoms with Gasteiger partial charge in [0.25, 0.3) is 0 Å². The third kappa shape index (κ3) is 4.28. The number of hydrogen-bond acceptors (Lipinski definition) is 0. The fraction of sp³-hybridized carbons (Fsp3) is 0.739. The van der Waals surface area contributed by atoms with E-state index < -0.39 is 17.5 Å². The molecule has 2 aliphatic carbocycles. The molecule has 26 heavy (non-hydrogen) atoms. The lowest BCUT2D eigenvalue weighted by Crippen LogP contribution is -2.32. The highest BCUT2D eigenvalue weighted by Gasteiger charge is 2.37. The summed E-state index contributed by atoms with van der Waals surface area (Å²) in [4.78, 5) is 0. The predicted molar refractivity (Wildman–Crippen MR) is 101 cm³/mol. The Kier molecular flexibility index (Phi) is 6.69. The van der Waals surface area contributed by atoms with Gasteiger partial charge in [-0.1, -0.05) is 46.0 Å². The molecule has 0 aliphatic heterocycles. The van der Waals surface area contributed by atoms with Crippen LogP contribution >= 0.6 is 0 Å². The Labute approximate surface area is 156 Å². The van der Waals surface area contributed by atoms with Crippen LogP contribution in [0.4, 0.5) is 13.2 Å². The van der Waals surface area contributed by atoms with Crippen molar-refractivity contribution in [3.63, 3.8) is 0 Å². The monoisotopic (exact) mass is 366 g/mol. The van der Waals surface area contributed by atoms with Crippen molar-refractivity contribution in [3.8, 4) is 0 Å². The van der Waals surface area contributed by atoms with Crippen LogP contribution in [0.2, 0.25) is 0 Å². The van der Waals surface area contributed by atoms with E-state index in [1.807, 2.05) is 0 Å². The number of benzene rings is 1. The summed E-state index contributed by atoms with van der Waals surface area (Å²) < 4.78 is 40.7. The molecule has 2 fully saturated rings. The normalized spacial score (nSPS) is 32.6. The largest absolute Gasteiger partial charge is 0.204 e. The Hall–Kier alpha value is -0.990. The Bertz CT molecular complexity index is 566. The van der Waals surface area contributed by atoms with Gasteiger partial charge in [-0.25, -0.2) is 13.2 Å². The SMILES string of the molecule is CCCC1CCC(C2CC(c3cc(F)c(F)c(F)c3)CCC2CC)CC1. The van der Waals surface area contributed by atoms with Crippen molar-refractivity contribution in [1.29, 1.82) is 0 Å². The second kappa shape index (κ2) is 8.80. The maximum atomic E-state index is 13.7. The van der Waals surface area contributed by atoms with Crippen LogP contribution in [-0.2, 0) is 0 Å². The second-order valence-corrected chi connectivity index (χ2v) is 8.71. The van der Waals surface area contributed by atoms with Crippen molar-refractivity contribution in [2.75, 3.05) is 0 Å². The van der Waals surface area contributed by atoms with Crippen molar-refractivity contribution >= 4 is 0 Å². The van der Waals surface area contributed by atoms with E-state index in [9.17, 15) is 13.2 Å². The van der Waals surface area contributed by atoms with Crippen LogP contribution in [0.25, 0.3) is 0 Å². The number of hydrogen-bond donors (Lipinski definition) is 0. The molecule has 2 saturated carbocycles. The summed E-state index contributed by atoms with van der Waals surface area (Å²) >= 11 is 0. The standard InChI is InChI=1S/C23H33F3/c1-3-5-15-6-8-17(9-7-15)20-12-18(11-10-16(20)4-2)19-13-21(24)23(26)22(25)14-19/h13-18,20H,3-12H2,1-2H3. The van der Waals surface area contributed by atoms with Crippen molar-refractivity contribution in [2.24, 2.45) is 23.7 Å². The molecule has 3 unspecified atom stereocenters. The van der Waals surface area contributed by atoms with Gasteiger partial charge in [0, 0.05) is 0 Å². The topological polar surface area (TPSA) is 0 Å². The zero-order chi connectivity index (χ0) is 18.7. The highest BCUT2D eigenvalue weighted by atomic mass is 19.2. The van der Waals surface area contributed by atoms with Gasteiger partial charge in [-0.05, 0) is 79.4 Å². The van der Waals surface area contributed by atoms with Crippen LogP contribution < -0.4 is 0 Å². The molecule has 0 amide bonds. The van der Waals surface area contributed by atoms with E-state index in [4.69, 9.17) is 0 Å². The first-order valence-corrected chi connectivity index (χ1v) is 10.7. The maximum absolute atomic E-state index is 13.7. The van der Waals surface area contributed by atoms with E-state index in [1.165, 1.54) is 57.1 Å². The van der Waals surface area contributed by atoms with Gasteiger partial charge in [0.15, 0.2) is 17.5 Å². The van der Waals surface area contributed by atoms with Crippen LogP contribution in [0.5, 0.6) is 0 Å². The average molecular weight is 367 g/mol. The van der Waals surface area contributed by atoms with Crippen molar-refractivity contribution in [3.05, 3.63) is 35.1 Å². The van der Waals surface area contributed by atoms with Gasteiger partial charge in [0.05, 0.1) is 0 Å². The molecule has 0 heterocycles. The lowest BCUT2D eigenvalue weighted by Gasteiger charge is -2.43. The third-order valence-electron chi connectivity index (χ3n) is 7.24. The molecule has 3 atom stereocenters. The first kappa shape index (κ1) is 19.8. The molecule has 0 nitrogen and oxygen atoms in total. The Morgan fingerprint density at radius 2 is 1.54 bits per heavy atom. The van der Waals surface area contributed by atoms with Gasteiger partial charge in [0.1, 0.15) is 0 Å². The minimum atomic E-state index is -1.35. The zero-order valence-corrected chi connectivity index (χ0v) is 16.2. The Morgan fingerprint density at radius 1 is 0.885 bits per heavy atom. The molecule has 0 aromatic heterocycles. The fourth-order valence-electron chi connectivity index (χ4n) is 5.78. The first-order chi connectivity index (χ1) is 12.5. The van der Waals surface area contributed by atoms with Crippen LogP contribution in [0.15, 0.2) is 12.1 Å². The highest BCUT2D eigenvalue weighted by molar-refractivity contribution is 5.24. The van der Waals surface area contributed by atoms with E-state index in [2.05, 4.69) is 13.8 Å². The van der Waals surface area contributed by atoms with E-state index in [0.29, 0.717) is 11.5 Å². The van der Waals surface area contributed by atoms with Crippen LogP contribution in [0, 0.1) is 41.1 Å². The number of rotatable bonds is 5. The summed E-state index contributed by atoms with van der Waals surface area (Å²) in [5, 5.41) is 0. The molecule has 146 valence electrons. The molecular weight excluding hydrogens is 333 g/mol. The van der Waals surface area contributed by atoms with E-state index in [-0.39, 0.29) is 5.92 Å². The van der Waals surface area contributed by atoms with Gasteiger partial charge >= 0.3 is 0 Å². The summed E-state index contributed by atoms with van der Waals surface area (Å²) in [6, 6.07) is 2.45. The van der Waals surface area contributed by atoms with Crippen molar-refractivity contribution < 1.29 is 13.2 Å². The van der Waals surface area contributed by atoms with Crippen molar-refractivity contribution in [1.82, 2.24) is 0 Å². The molecule has 0 bridgehead atoms. The smallest absolute Gasteiger partial charge is 0.194 e. The molecular formula is C23H33F3. The second-order valence-electron chi connectivity index (χ2n) is 8.71. The van der Waals surface area contributed by atoms with Gasteiger partial charge in [-0.3, -0.25) is 0 Å².